The summed E-state index contributed by atoms with van der Waals surface area (Å²) in [7, 11) is 1.59. The SMILES string of the molecule is CCCCCCCCCCCCCCCCCCCCCC/C=C/C(O)C(COP(=O)(O)OCC[N+](C)(C)C)NC(=O)CCCCCCCCCCCCCCCCCCCCCCCCCCCCCCCC. The molecular formula is C65H132N2O6P+. The number of carbonyl (C=O) groups is 1. The maximum Gasteiger partial charge on any atom is 0.472 e. The van der Waals surface area contributed by atoms with E-state index in [2.05, 4.69) is 19.2 Å². The standard InChI is InChI=1S/C65H131N2O6P/c1-6-8-10-12-14-16-18-20-22-24-26-28-30-31-32-33-34-35-36-37-39-41-43-45-47-49-51-53-55-57-59-65(69)66-63(62-73-74(70,71)72-61-60-67(3,4)5)64(68)58-56-54-52-50-48-46-44-42-40-38-29-27-25-23-21-19-17-15-13-11-9-7-2/h56,58,63-64,68H,6-55,57,59-62H2,1-5H3,(H-,66,69,70,71)/p+1/b58-56+. The van der Waals surface area contributed by atoms with Gasteiger partial charge in [-0.15, -0.1) is 0 Å². The number of nitrogens with zero attached hydrogens (tertiary/aromatic N) is 1. The van der Waals surface area contributed by atoms with Crippen LogP contribution in [-0.4, -0.2) is 73.4 Å². The first-order valence-electron chi connectivity index (χ1n) is 33.1. The lowest BCUT2D eigenvalue weighted by molar-refractivity contribution is -0.870. The van der Waals surface area contributed by atoms with Crippen LogP contribution < -0.4 is 5.32 Å². The van der Waals surface area contributed by atoms with E-state index in [1.54, 1.807) is 6.08 Å². The molecule has 0 fully saturated rings. The molecule has 0 aromatic rings. The van der Waals surface area contributed by atoms with Crippen LogP contribution in [0.1, 0.15) is 348 Å². The quantitative estimate of drug-likeness (QED) is 0.0243. The van der Waals surface area contributed by atoms with Crippen LogP contribution in [-0.2, 0) is 18.4 Å². The van der Waals surface area contributed by atoms with E-state index >= 15 is 0 Å². The van der Waals surface area contributed by atoms with E-state index in [4.69, 9.17) is 9.05 Å². The third-order valence-corrected chi connectivity index (χ3v) is 16.5. The second-order valence-electron chi connectivity index (χ2n) is 24.2. The van der Waals surface area contributed by atoms with Crippen LogP contribution in [0.3, 0.4) is 0 Å². The molecular weight excluding hydrogens is 936 g/mol. The van der Waals surface area contributed by atoms with Crippen LogP contribution in [0, 0.1) is 0 Å². The highest BCUT2D eigenvalue weighted by Crippen LogP contribution is 2.43. The zero-order chi connectivity index (χ0) is 54.2. The first kappa shape index (κ1) is 73.2. The fraction of sp³-hybridized carbons (Fsp3) is 0.954. The van der Waals surface area contributed by atoms with Crippen molar-refractivity contribution < 1.29 is 32.9 Å². The molecule has 3 atom stereocenters. The van der Waals surface area contributed by atoms with Gasteiger partial charge in [-0.2, -0.15) is 0 Å². The molecule has 0 aliphatic carbocycles. The van der Waals surface area contributed by atoms with Gasteiger partial charge >= 0.3 is 7.82 Å². The number of amides is 1. The van der Waals surface area contributed by atoms with Gasteiger partial charge in [0, 0.05) is 6.42 Å². The Balaban J connectivity index is 4.05. The van der Waals surface area contributed by atoms with Crippen molar-refractivity contribution in [2.75, 3.05) is 40.9 Å². The second-order valence-corrected chi connectivity index (χ2v) is 25.7. The van der Waals surface area contributed by atoms with Gasteiger partial charge in [0.15, 0.2) is 0 Å². The maximum absolute atomic E-state index is 13.0. The number of rotatable bonds is 62. The number of phosphoric acid groups is 1. The number of allylic oxidation sites excluding steroid dienone is 1. The number of likely N-dealkylation sites (N-methyl/N-ethyl adjacent to an activating group) is 1. The third-order valence-electron chi connectivity index (χ3n) is 15.5. The normalized spacial score (nSPS) is 13.8. The molecule has 442 valence electrons. The van der Waals surface area contributed by atoms with Gasteiger partial charge in [-0.05, 0) is 19.3 Å². The van der Waals surface area contributed by atoms with Crippen LogP contribution in [0.2, 0.25) is 0 Å². The van der Waals surface area contributed by atoms with Crippen molar-refractivity contribution in [3.8, 4) is 0 Å². The summed E-state index contributed by atoms with van der Waals surface area (Å²) in [5.41, 5.74) is 0. The van der Waals surface area contributed by atoms with Crippen molar-refractivity contribution in [2.45, 2.75) is 360 Å². The molecule has 0 bridgehead atoms. The van der Waals surface area contributed by atoms with Crippen molar-refractivity contribution in [1.82, 2.24) is 5.32 Å². The van der Waals surface area contributed by atoms with Crippen molar-refractivity contribution in [3.63, 3.8) is 0 Å². The summed E-state index contributed by atoms with van der Waals surface area (Å²) in [5.74, 6) is -0.168. The monoisotopic (exact) mass is 1070 g/mol. The molecule has 74 heavy (non-hydrogen) atoms. The van der Waals surface area contributed by atoms with E-state index in [1.807, 2.05) is 27.2 Å². The molecule has 0 aromatic carbocycles. The highest BCUT2D eigenvalue weighted by atomic mass is 31.2. The van der Waals surface area contributed by atoms with Gasteiger partial charge < -0.3 is 19.8 Å². The number of unbranched alkanes of at least 4 members (excludes halogenated alkanes) is 49. The molecule has 3 N–H and O–H groups in total. The van der Waals surface area contributed by atoms with Crippen LogP contribution in [0.25, 0.3) is 0 Å². The average molecular weight is 1070 g/mol. The number of aliphatic hydroxyl groups is 1. The Morgan fingerprint density at radius 2 is 0.716 bits per heavy atom. The minimum Gasteiger partial charge on any atom is -0.387 e. The van der Waals surface area contributed by atoms with Gasteiger partial charge in [-0.1, -0.05) is 334 Å². The van der Waals surface area contributed by atoms with E-state index in [0.717, 1.165) is 32.1 Å². The first-order valence-corrected chi connectivity index (χ1v) is 34.6. The predicted octanol–water partition coefficient (Wildman–Crippen LogP) is 20.6. The molecule has 0 aromatic heterocycles. The van der Waals surface area contributed by atoms with Crippen molar-refractivity contribution in [2.24, 2.45) is 0 Å². The van der Waals surface area contributed by atoms with Crippen LogP contribution in [0.4, 0.5) is 0 Å². The summed E-state index contributed by atoms with van der Waals surface area (Å²) in [6.45, 7) is 4.88. The van der Waals surface area contributed by atoms with Gasteiger partial charge in [-0.3, -0.25) is 13.8 Å². The molecule has 0 aliphatic heterocycles. The van der Waals surface area contributed by atoms with Crippen LogP contribution in [0.15, 0.2) is 12.2 Å². The number of quaternary nitrogens is 1. The molecule has 3 unspecified atom stereocenters. The Morgan fingerprint density at radius 3 is 1.00 bits per heavy atom. The fourth-order valence-corrected chi connectivity index (χ4v) is 11.1. The summed E-state index contributed by atoms with van der Waals surface area (Å²) >= 11 is 0. The Bertz CT molecular complexity index is 1210. The van der Waals surface area contributed by atoms with Crippen LogP contribution in [0.5, 0.6) is 0 Å². The summed E-state index contributed by atoms with van der Waals surface area (Å²) in [6, 6.07) is -0.843. The van der Waals surface area contributed by atoms with E-state index in [0.29, 0.717) is 17.4 Å². The molecule has 0 rings (SSSR count). The highest BCUT2D eigenvalue weighted by molar-refractivity contribution is 7.47. The van der Waals surface area contributed by atoms with Crippen LogP contribution >= 0.6 is 7.82 Å². The van der Waals surface area contributed by atoms with Gasteiger partial charge in [-0.25, -0.2) is 4.57 Å². The summed E-state index contributed by atoms with van der Waals surface area (Å²) in [5, 5.41) is 14.0. The highest BCUT2D eigenvalue weighted by Gasteiger charge is 2.28. The lowest BCUT2D eigenvalue weighted by atomic mass is 10.0. The van der Waals surface area contributed by atoms with E-state index in [1.165, 1.54) is 295 Å². The summed E-state index contributed by atoms with van der Waals surface area (Å²) in [6.07, 6.45) is 72.0. The number of aliphatic hydroxyl groups excluding tert-OH is 1. The molecule has 0 saturated carbocycles. The summed E-state index contributed by atoms with van der Waals surface area (Å²) in [4.78, 5) is 23.4. The van der Waals surface area contributed by atoms with Gasteiger partial charge in [0.1, 0.15) is 13.2 Å². The van der Waals surface area contributed by atoms with E-state index in [-0.39, 0.29) is 19.1 Å². The predicted molar refractivity (Wildman–Crippen MR) is 323 cm³/mol. The van der Waals surface area contributed by atoms with Crippen molar-refractivity contribution in [1.29, 1.82) is 0 Å². The molecule has 8 nitrogen and oxygen atoms in total. The number of phosphoric ester groups is 1. The molecule has 1 amide bonds. The third kappa shape index (κ3) is 58.9. The zero-order valence-electron chi connectivity index (χ0n) is 50.6. The van der Waals surface area contributed by atoms with E-state index < -0.39 is 20.0 Å². The number of nitrogens with one attached hydrogen (secondary N) is 1. The lowest BCUT2D eigenvalue weighted by Crippen LogP contribution is -2.45. The topological polar surface area (TPSA) is 105 Å². The molecule has 0 spiro atoms. The second kappa shape index (κ2) is 56.9. The molecule has 0 aliphatic rings. The Labute approximate surface area is 462 Å². The summed E-state index contributed by atoms with van der Waals surface area (Å²) < 4.78 is 23.8. The maximum atomic E-state index is 13.0. The molecule has 9 heteroatoms. The molecule has 0 radical (unpaired) electrons. The Morgan fingerprint density at radius 1 is 0.446 bits per heavy atom. The lowest BCUT2D eigenvalue weighted by Gasteiger charge is -2.25. The smallest absolute Gasteiger partial charge is 0.387 e. The zero-order valence-corrected chi connectivity index (χ0v) is 51.5. The van der Waals surface area contributed by atoms with E-state index in [9.17, 15) is 19.4 Å². The minimum absolute atomic E-state index is 0.0654. The van der Waals surface area contributed by atoms with Gasteiger partial charge in [0.2, 0.25) is 5.91 Å². The van der Waals surface area contributed by atoms with Crippen molar-refractivity contribution in [3.05, 3.63) is 12.2 Å². The Kier molecular flexibility index (Phi) is 56.4. The number of hydrogen-bond acceptors (Lipinski definition) is 5. The van der Waals surface area contributed by atoms with Crippen molar-refractivity contribution >= 4 is 13.7 Å². The largest absolute Gasteiger partial charge is 0.472 e. The Hall–Kier alpha value is -0.760. The number of carbonyl (C=O) groups excluding carboxylic acids is 1. The number of hydrogen-bond donors (Lipinski definition) is 3. The van der Waals surface area contributed by atoms with Gasteiger partial charge in [0.05, 0.1) is 39.9 Å². The molecule has 0 saturated heterocycles. The average Bonchev–Trinajstić information content (AvgIpc) is 3.36. The first-order chi connectivity index (χ1) is 36.0. The minimum atomic E-state index is -4.35. The van der Waals surface area contributed by atoms with Gasteiger partial charge in [0.25, 0.3) is 0 Å². The molecule has 0 heterocycles. The fourth-order valence-electron chi connectivity index (χ4n) is 10.3.